The lowest BCUT2D eigenvalue weighted by atomic mass is 9.87. The Hall–Kier alpha value is -1.61. The number of aromatic nitrogens is 1. The number of rotatable bonds is 3. The number of hydrogen-bond acceptors (Lipinski definition) is 2. The largest absolute Gasteiger partial charge is 0.388 e. The third kappa shape index (κ3) is 3.44. The number of H-pyrrole nitrogens is 1. The van der Waals surface area contributed by atoms with Gasteiger partial charge in [0.15, 0.2) is 0 Å². The minimum Gasteiger partial charge on any atom is -0.388 e. The molecule has 2 rings (SSSR count). The Bertz CT molecular complexity index is 622. The van der Waals surface area contributed by atoms with E-state index >= 15 is 0 Å². The predicted octanol–water partition coefficient (Wildman–Crippen LogP) is 3.39. The molecule has 0 saturated heterocycles. The third-order valence-electron chi connectivity index (χ3n) is 3.33. The van der Waals surface area contributed by atoms with E-state index in [1.54, 1.807) is 6.07 Å². The van der Waals surface area contributed by atoms with Crippen LogP contribution in [0.15, 0.2) is 35.1 Å². The molecule has 3 nitrogen and oxygen atoms in total. The highest BCUT2D eigenvalue weighted by Crippen LogP contribution is 2.30. The molecule has 0 aliphatic carbocycles. The molecule has 0 unspecified atom stereocenters. The summed E-state index contributed by atoms with van der Waals surface area (Å²) in [5.74, 6) is 0. The van der Waals surface area contributed by atoms with E-state index in [0.29, 0.717) is 0 Å². The lowest BCUT2D eigenvalue weighted by molar-refractivity contribution is 0.149. The van der Waals surface area contributed by atoms with Crippen LogP contribution in [0.1, 0.15) is 45.3 Å². The maximum Gasteiger partial charge on any atom is 0.248 e. The van der Waals surface area contributed by atoms with Crippen LogP contribution in [0, 0.1) is 5.41 Å². The van der Waals surface area contributed by atoms with Gasteiger partial charge in [0.2, 0.25) is 5.56 Å². The van der Waals surface area contributed by atoms with Gasteiger partial charge in [-0.05, 0) is 36.0 Å². The number of pyridine rings is 1. The molecule has 1 aromatic carbocycles. The summed E-state index contributed by atoms with van der Waals surface area (Å²) in [7, 11) is 0. The van der Waals surface area contributed by atoms with Crippen LogP contribution in [-0.4, -0.2) is 10.1 Å². The average molecular weight is 259 g/mol. The summed E-state index contributed by atoms with van der Waals surface area (Å²) in [6.07, 6.45) is 1.18. The molecule has 2 N–H and O–H groups in total. The van der Waals surface area contributed by atoms with Crippen LogP contribution in [0.5, 0.6) is 0 Å². The third-order valence-corrected chi connectivity index (χ3v) is 3.33. The zero-order valence-electron chi connectivity index (χ0n) is 11.7. The molecular formula is C16H21NO2. The summed E-state index contributed by atoms with van der Waals surface area (Å²) < 4.78 is 0. The molecule has 3 heteroatoms. The molecule has 0 saturated carbocycles. The van der Waals surface area contributed by atoms with E-state index in [1.807, 2.05) is 18.2 Å². The molecule has 0 bridgehead atoms. The van der Waals surface area contributed by atoms with Crippen molar-refractivity contribution in [3.63, 3.8) is 0 Å². The highest BCUT2D eigenvalue weighted by Gasteiger charge is 2.16. The number of aliphatic hydroxyl groups excluding tert-OH is 1. The van der Waals surface area contributed by atoms with Crippen LogP contribution in [0.3, 0.4) is 0 Å². The molecule has 19 heavy (non-hydrogen) atoms. The van der Waals surface area contributed by atoms with Crippen molar-refractivity contribution in [1.29, 1.82) is 0 Å². The monoisotopic (exact) mass is 259 g/mol. The zero-order chi connectivity index (χ0) is 14.0. The van der Waals surface area contributed by atoms with Crippen molar-refractivity contribution >= 4 is 10.9 Å². The molecule has 0 amide bonds. The molecule has 2 aromatic rings. The molecule has 1 aromatic heterocycles. The summed E-state index contributed by atoms with van der Waals surface area (Å²) >= 11 is 0. The molecule has 1 atom stereocenters. The first-order valence-corrected chi connectivity index (χ1v) is 6.67. The van der Waals surface area contributed by atoms with Crippen molar-refractivity contribution < 1.29 is 5.11 Å². The van der Waals surface area contributed by atoms with Gasteiger partial charge in [-0.15, -0.1) is 0 Å². The van der Waals surface area contributed by atoms with Crippen LogP contribution in [0.25, 0.3) is 10.9 Å². The van der Waals surface area contributed by atoms with Crippen molar-refractivity contribution in [2.24, 2.45) is 5.41 Å². The van der Waals surface area contributed by atoms with Crippen molar-refractivity contribution in [1.82, 2.24) is 4.98 Å². The average Bonchev–Trinajstić information content (AvgIpc) is 2.34. The topological polar surface area (TPSA) is 53.1 Å². The Balaban J connectivity index is 2.32. The zero-order valence-corrected chi connectivity index (χ0v) is 11.7. The molecule has 0 radical (unpaired) electrons. The van der Waals surface area contributed by atoms with E-state index in [0.717, 1.165) is 29.3 Å². The fraction of sp³-hybridized carbons (Fsp3) is 0.438. The second-order valence-corrected chi connectivity index (χ2v) is 6.25. The van der Waals surface area contributed by atoms with Gasteiger partial charge in [0, 0.05) is 17.0 Å². The number of benzene rings is 1. The number of aliphatic hydroxyl groups is 1. The minimum absolute atomic E-state index is 0.117. The van der Waals surface area contributed by atoms with Crippen molar-refractivity contribution in [3.8, 4) is 0 Å². The lowest BCUT2D eigenvalue weighted by Gasteiger charge is -2.21. The van der Waals surface area contributed by atoms with Gasteiger partial charge < -0.3 is 10.1 Å². The molecule has 0 aliphatic heterocycles. The number of nitrogens with one attached hydrogen (secondary N) is 1. The first-order valence-electron chi connectivity index (χ1n) is 6.67. The first-order chi connectivity index (χ1) is 8.87. The van der Waals surface area contributed by atoms with Crippen LogP contribution >= 0.6 is 0 Å². The van der Waals surface area contributed by atoms with Gasteiger partial charge in [0.05, 0.1) is 6.10 Å². The van der Waals surface area contributed by atoms with Gasteiger partial charge in [-0.25, -0.2) is 0 Å². The quantitative estimate of drug-likeness (QED) is 0.887. The van der Waals surface area contributed by atoms with Crippen molar-refractivity contribution in [2.75, 3.05) is 0 Å². The second-order valence-electron chi connectivity index (χ2n) is 6.25. The van der Waals surface area contributed by atoms with Crippen molar-refractivity contribution in [2.45, 2.75) is 39.7 Å². The van der Waals surface area contributed by atoms with Gasteiger partial charge >= 0.3 is 0 Å². The predicted molar refractivity (Wildman–Crippen MR) is 78.2 cm³/mol. The number of hydrogen-bond donors (Lipinski definition) is 2. The molecule has 0 fully saturated rings. The molecule has 1 heterocycles. The molecular weight excluding hydrogens is 238 g/mol. The highest BCUT2D eigenvalue weighted by atomic mass is 16.3. The summed E-state index contributed by atoms with van der Waals surface area (Å²) in [5, 5.41) is 11.3. The van der Waals surface area contributed by atoms with Crippen LogP contribution in [0.4, 0.5) is 0 Å². The van der Waals surface area contributed by atoms with Crippen LogP contribution < -0.4 is 5.56 Å². The normalized spacial score (nSPS) is 13.7. The highest BCUT2D eigenvalue weighted by molar-refractivity contribution is 5.82. The van der Waals surface area contributed by atoms with Gasteiger partial charge in [-0.3, -0.25) is 4.79 Å². The van der Waals surface area contributed by atoms with Crippen LogP contribution in [0.2, 0.25) is 0 Å². The standard InChI is InChI=1S/C16H21NO2/c1-16(2,3)10-9-14(18)12-5-4-6-13-11(12)7-8-15(19)17-13/h4-8,14,18H,9-10H2,1-3H3,(H,17,19)/t14-/m0/s1. The Morgan fingerprint density at radius 3 is 2.63 bits per heavy atom. The molecule has 102 valence electrons. The number of aromatic amines is 1. The fourth-order valence-corrected chi connectivity index (χ4v) is 2.23. The van der Waals surface area contributed by atoms with E-state index in [9.17, 15) is 9.90 Å². The lowest BCUT2D eigenvalue weighted by Crippen LogP contribution is -2.09. The Labute approximate surface area is 113 Å². The van der Waals surface area contributed by atoms with E-state index in [2.05, 4.69) is 25.8 Å². The van der Waals surface area contributed by atoms with E-state index in [4.69, 9.17) is 0 Å². The Kier molecular flexibility index (Phi) is 3.76. The summed E-state index contributed by atoms with van der Waals surface area (Å²) in [6, 6.07) is 8.94. The van der Waals surface area contributed by atoms with E-state index in [1.165, 1.54) is 6.07 Å². The van der Waals surface area contributed by atoms with Gasteiger partial charge in [-0.1, -0.05) is 32.9 Å². The first kappa shape index (κ1) is 13.8. The minimum atomic E-state index is -0.492. The van der Waals surface area contributed by atoms with E-state index < -0.39 is 6.10 Å². The maximum absolute atomic E-state index is 11.3. The number of fused-ring (bicyclic) bond motifs is 1. The summed E-state index contributed by atoms with van der Waals surface area (Å²) in [5.41, 5.74) is 1.76. The second kappa shape index (κ2) is 5.17. The summed E-state index contributed by atoms with van der Waals surface area (Å²) in [6.45, 7) is 6.50. The molecule has 0 spiro atoms. The van der Waals surface area contributed by atoms with Crippen molar-refractivity contribution in [3.05, 3.63) is 46.2 Å². The van der Waals surface area contributed by atoms with E-state index in [-0.39, 0.29) is 11.0 Å². The fourth-order valence-electron chi connectivity index (χ4n) is 2.23. The van der Waals surface area contributed by atoms with Crippen LogP contribution in [-0.2, 0) is 0 Å². The van der Waals surface area contributed by atoms with Gasteiger partial charge in [-0.2, -0.15) is 0 Å². The molecule has 0 aliphatic rings. The van der Waals surface area contributed by atoms with Gasteiger partial charge in [0.1, 0.15) is 0 Å². The Morgan fingerprint density at radius 1 is 1.21 bits per heavy atom. The van der Waals surface area contributed by atoms with Gasteiger partial charge in [0.25, 0.3) is 0 Å². The Morgan fingerprint density at radius 2 is 1.95 bits per heavy atom. The summed E-state index contributed by atoms with van der Waals surface area (Å²) in [4.78, 5) is 14.1. The maximum atomic E-state index is 11.3. The smallest absolute Gasteiger partial charge is 0.248 e. The SMILES string of the molecule is CC(C)(C)CC[C@H](O)c1cccc2[nH]c(=O)ccc12.